The van der Waals surface area contributed by atoms with Crippen LogP contribution in [-0.4, -0.2) is 28.1 Å². The smallest absolute Gasteiger partial charge is 0.321 e. The summed E-state index contributed by atoms with van der Waals surface area (Å²) in [5, 5.41) is 14.4. The molecule has 7 heteroatoms. The zero-order chi connectivity index (χ0) is 13.1. The van der Waals surface area contributed by atoms with E-state index in [1.807, 2.05) is 0 Å². The third-order valence-electron chi connectivity index (χ3n) is 2.67. The normalized spacial score (nSPS) is 14.9. The molecule has 1 heterocycles. The van der Waals surface area contributed by atoms with Crippen LogP contribution >= 0.6 is 11.3 Å². The molecule has 1 aliphatic rings. The van der Waals surface area contributed by atoms with Crippen LogP contribution in [0.4, 0.5) is 9.93 Å². The van der Waals surface area contributed by atoms with E-state index in [-0.39, 0.29) is 6.42 Å². The molecule has 6 nitrogen and oxygen atoms in total. The van der Waals surface area contributed by atoms with Crippen LogP contribution in [0.15, 0.2) is 0 Å². The number of rotatable bonds is 4. The number of aryl methyl sites for hydroxylation is 2. The standard InChI is InChI=1S/C11H15N3O3S/c1-6(5-9(15)16)12-10(17)14-11-13-7-3-2-4-8(7)18-11/h6H,2-5H2,1H3,(H,15,16)(H2,12,13,14,17). The predicted octanol–water partition coefficient (Wildman–Crippen LogP) is 1.62. The lowest BCUT2D eigenvalue weighted by Crippen LogP contribution is -2.37. The molecular formula is C11H15N3O3S. The number of nitrogens with one attached hydrogen (secondary N) is 2. The molecule has 18 heavy (non-hydrogen) atoms. The van der Waals surface area contributed by atoms with Gasteiger partial charge >= 0.3 is 12.0 Å². The predicted molar refractivity (Wildman–Crippen MR) is 68.0 cm³/mol. The van der Waals surface area contributed by atoms with Gasteiger partial charge in [-0.05, 0) is 26.2 Å². The maximum atomic E-state index is 11.6. The zero-order valence-corrected chi connectivity index (χ0v) is 10.8. The van der Waals surface area contributed by atoms with E-state index in [9.17, 15) is 9.59 Å². The summed E-state index contributed by atoms with van der Waals surface area (Å²) in [6, 6.07) is -0.814. The van der Waals surface area contributed by atoms with E-state index in [4.69, 9.17) is 5.11 Å². The summed E-state index contributed by atoms with van der Waals surface area (Å²) in [5.41, 5.74) is 1.08. The summed E-state index contributed by atoms with van der Waals surface area (Å²) >= 11 is 1.49. The summed E-state index contributed by atoms with van der Waals surface area (Å²) in [6.07, 6.45) is 3.05. The van der Waals surface area contributed by atoms with Crippen molar-refractivity contribution in [3.63, 3.8) is 0 Å². The van der Waals surface area contributed by atoms with E-state index in [2.05, 4.69) is 15.6 Å². The highest BCUT2D eigenvalue weighted by Gasteiger charge is 2.18. The molecule has 1 aliphatic carbocycles. The van der Waals surface area contributed by atoms with Crippen LogP contribution in [0, 0.1) is 0 Å². The Morgan fingerprint density at radius 1 is 1.50 bits per heavy atom. The molecule has 0 radical (unpaired) electrons. The lowest BCUT2D eigenvalue weighted by Gasteiger charge is -2.11. The topological polar surface area (TPSA) is 91.3 Å². The molecular weight excluding hydrogens is 254 g/mol. The second-order valence-corrected chi connectivity index (χ2v) is 5.42. The third-order valence-corrected chi connectivity index (χ3v) is 3.75. The van der Waals surface area contributed by atoms with Crippen LogP contribution < -0.4 is 10.6 Å². The van der Waals surface area contributed by atoms with E-state index in [1.165, 1.54) is 16.2 Å². The zero-order valence-electron chi connectivity index (χ0n) is 10.0. The summed E-state index contributed by atoms with van der Waals surface area (Å²) in [6.45, 7) is 1.65. The van der Waals surface area contributed by atoms with Crippen LogP contribution in [0.25, 0.3) is 0 Å². The molecule has 1 aromatic heterocycles. The molecule has 0 aromatic carbocycles. The Morgan fingerprint density at radius 3 is 2.94 bits per heavy atom. The number of fused-ring (bicyclic) bond motifs is 1. The number of hydrogen-bond donors (Lipinski definition) is 3. The van der Waals surface area contributed by atoms with Crippen molar-refractivity contribution in [1.82, 2.24) is 10.3 Å². The van der Waals surface area contributed by atoms with Gasteiger partial charge < -0.3 is 10.4 Å². The van der Waals surface area contributed by atoms with Gasteiger partial charge in [-0.15, -0.1) is 11.3 Å². The van der Waals surface area contributed by atoms with E-state index in [1.54, 1.807) is 6.92 Å². The van der Waals surface area contributed by atoms with Gasteiger partial charge in [0.05, 0.1) is 12.1 Å². The molecule has 0 aliphatic heterocycles. The average molecular weight is 269 g/mol. The highest BCUT2D eigenvalue weighted by Crippen LogP contribution is 2.30. The Kier molecular flexibility index (Phi) is 3.81. The Hall–Kier alpha value is -1.63. The number of aliphatic carboxylic acids is 1. The van der Waals surface area contributed by atoms with Crippen molar-refractivity contribution in [1.29, 1.82) is 0 Å². The Bertz CT molecular complexity index is 451. The van der Waals surface area contributed by atoms with Gasteiger partial charge in [0.1, 0.15) is 0 Å². The highest BCUT2D eigenvalue weighted by atomic mass is 32.1. The molecule has 0 bridgehead atoms. The van der Waals surface area contributed by atoms with Crippen LogP contribution in [-0.2, 0) is 17.6 Å². The quantitative estimate of drug-likeness (QED) is 0.774. The first-order chi connectivity index (χ1) is 8.54. The lowest BCUT2D eigenvalue weighted by molar-refractivity contribution is -0.137. The van der Waals surface area contributed by atoms with Gasteiger partial charge in [-0.25, -0.2) is 9.78 Å². The van der Waals surface area contributed by atoms with Crippen LogP contribution in [0.5, 0.6) is 0 Å². The first kappa shape index (κ1) is 12.8. The first-order valence-corrected chi connectivity index (χ1v) is 6.64. The minimum atomic E-state index is -0.934. The number of aromatic nitrogens is 1. The minimum absolute atomic E-state index is 0.0954. The van der Waals surface area contributed by atoms with E-state index in [0.29, 0.717) is 5.13 Å². The Balaban J connectivity index is 1.85. The van der Waals surface area contributed by atoms with Gasteiger partial charge in [-0.1, -0.05) is 0 Å². The van der Waals surface area contributed by atoms with Gasteiger partial charge in [-0.3, -0.25) is 10.1 Å². The van der Waals surface area contributed by atoms with E-state index < -0.39 is 18.0 Å². The monoisotopic (exact) mass is 269 g/mol. The summed E-state index contributed by atoms with van der Waals surface area (Å²) < 4.78 is 0. The van der Waals surface area contributed by atoms with Crippen molar-refractivity contribution in [3.05, 3.63) is 10.6 Å². The van der Waals surface area contributed by atoms with Crippen molar-refractivity contribution in [2.24, 2.45) is 0 Å². The van der Waals surface area contributed by atoms with Crippen molar-refractivity contribution in [2.75, 3.05) is 5.32 Å². The molecule has 1 aromatic rings. The van der Waals surface area contributed by atoms with Crippen molar-refractivity contribution in [2.45, 2.75) is 38.6 Å². The lowest BCUT2D eigenvalue weighted by atomic mass is 10.2. The number of anilines is 1. The van der Waals surface area contributed by atoms with Crippen molar-refractivity contribution in [3.8, 4) is 0 Å². The molecule has 1 atom stereocenters. The maximum Gasteiger partial charge on any atom is 0.321 e. The second-order valence-electron chi connectivity index (χ2n) is 4.34. The molecule has 2 rings (SSSR count). The Labute approximate surface area is 108 Å². The maximum absolute atomic E-state index is 11.6. The second kappa shape index (κ2) is 5.34. The van der Waals surface area contributed by atoms with Gasteiger partial charge in [0, 0.05) is 10.9 Å². The number of carbonyl (C=O) groups excluding carboxylic acids is 1. The minimum Gasteiger partial charge on any atom is -0.481 e. The molecule has 1 unspecified atom stereocenters. The van der Waals surface area contributed by atoms with Crippen molar-refractivity contribution < 1.29 is 14.7 Å². The SMILES string of the molecule is CC(CC(=O)O)NC(=O)Nc1nc2c(s1)CCC2. The molecule has 0 spiro atoms. The van der Waals surface area contributed by atoms with Gasteiger partial charge in [-0.2, -0.15) is 0 Å². The summed E-state index contributed by atoms with van der Waals surface area (Å²) in [4.78, 5) is 27.6. The van der Waals surface area contributed by atoms with E-state index in [0.717, 1.165) is 25.0 Å². The fourth-order valence-electron chi connectivity index (χ4n) is 1.91. The first-order valence-electron chi connectivity index (χ1n) is 5.82. The van der Waals surface area contributed by atoms with Gasteiger partial charge in [0.25, 0.3) is 0 Å². The number of urea groups is 1. The van der Waals surface area contributed by atoms with Crippen molar-refractivity contribution >= 4 is 28.5 Å². The number of nitrogens with zero attached hydrogens (tertiary/aromatic N) is 1. The molecule has 2 amide bonds. The third kappa shape index (κ3) is 3.19. The number of carboxylic acids is 1. The Morgan fingerprint density at radius 2 is 2.28 bits per heavy atom. The molecule has 0 saturated heterocycles. The number of carboxylic acid groups (broad SMARTS) is 1. The van der Waals surface area contributed by atoms with Crippen LogP contribution in [0.2, 0.25) is 0 Å². The van der Waals surface area contributed by atoms with Gasteiger partial charge in [0.2, 0.25) is 0 Å². The van der Waals surface area contributed by atoms with Gasteiger partial charge in [0.15, 0.2) is 5.13 Å². The van der Waals surface area contributed by atoms with Crippen LogP contribution in [0.3, 0.4) is 0 Å². The molecule has 0 fully saturated rings. The fraction of sp³-hybridized carbons (Fsp3) is 0.545. The summed E-state index contributed by atoms with van der Waals surface area (Å²) in [7, 11) is 0. The molecule has 98 valence electrons. The summed E-state index contributed by atoms with van der Waals surface area (Å²) in [5.74, 6) is -0.934. The van der Waals surface area contributed by atoms with E-state index >= 15 is 0 Å². The molecule has 0 saturated carbocycles. The largest absolute Gasteiger partial charge is 0.481 e. The number of thiazole rings is 1. The van der Waals surface area contributed by atoms with Crippen LogP contribution in [0.1, 0.15) is 30.3 Å². The number of carbonyl (C=O) groups is 2. The highest BCUT2D eigenvalue weighted by molar-refractivity contribution is 7.15. The average Bonchev–Trinajstić information content (AvgIpc) is 2.74. The molecule has 3 N–H and O–H groups in total. The fourth-order valence-corrected chi connectivity index (χ4v) is 2.96. The number of hydrogen-bond acceptors (Lipinski definition) is 4. The number of amides is 2.